The maximum Gasteiger partial charge on any atom is 0.252 e. The largest absolute Gasteiger partial charge is 0.380 e. The number of carbonyl (C=O) groups is 1. The Morgan fingerprint density at radius 2 is 2.19 bits per heavy atom. The molecule has 0 atom stereocenters. The number of hydrogen-bond donors (Lipinski definition) is 2. The van der Waals surface area contributed by atoms with Crippen LogP contribution in [0.2, 0.25) is 0 Å². The normalized spacial score (nSPS) is 16.8. The van der Waals surface area contributed by atoms with Crippen LogP contribution in [0.4, 0.5) is 0 Å². The van der Waals surface area contributed by atoms with E-state index in [0.29, 0.717) is 19.4 Å². The summed E-state index contributed by atoms with van der Waals surface area (Å²) in [7, 11) is 0. The van der Waals surface area contributed by atoms with Crippen molar-refractivity contribution >= 4 is 5.91 Å². The molecule has 0 aliphatic heterocycles. The van der Waals surface area contributed by atoms with Crippen molar-refractivity contribution in [2.24, 2.45) is 0 Å². The van der Waals surface area contributed by atoms with Crippen LogP contribution in [-0.2, 0) is 11.3 Å². The van der Waals surface area contributed by atoms with Crippen molar-refractivity contribution in [3.63, 3.8) is 0 Å². The topological polar surface area (TPSA) is 80.0 Å². The maximum atomic E-state index is 12.1. The maximum absolute atomic E-state index is 12.1. The number of nitrogens with zero attached hydrogens (tertiary/aromatic N) is 3. The summed E-state index contributed by atoms with van der Waals surface area (Å²) in [4.78, 5) is 20.3. The number of aromatic nitrogens is 3. The molecule has 0 spiro atoms. The summed E-state index contributed by atoms with van der Waals surface area (Å²) in [6.45, 7) is 0.380. The Bertz CT molecular complexity index is 618. The summed E-state index contributed by atoms with van der Waals surface area (Å²) >= 11 is 0. The summed E-state index contributed by atoms with van der Waals surface area (Å²) < 4.78 is 1.80. The molecule has 21 heavy (non-hydrogen) atoms. The molecule has 1 saturated carbocycles. The average Bonchev–Trinajstić information content (AvgIpc) is 3.17. The van der Waals surface area contributed by atoms with Crippen molar-refractivity contribution in [3.05, 3.63) is 42.6 Å². The van der Waals surface area contributed by atoms with E-state index < -0.39 is 5.60 Å². The Labute approximate surface area is 122 Å². The van der Waals surface area contributed by atoms with Gasteiger partial charge >= 0.3 is 0 Å². The van der Waals surface area contributed by atoms with Crippen molar-refractivity contribution in [1.82, 2.24) is 19.9 Å². The fourth-order valence-corrected chi connectivity index (χ4v) is 2.64. The summed E-state index contributed by atoms with van der Waals surface area (Å²) in [5.74, 6) is 0.472. The number of pyridine rings is 1. The molecule has 2 aromatic heterocycles. The first-order valence-electron chi connectivity index (χ1n) is 7.11. The third-order valence-electron chi connectivity index (χ3n) is 3.89. The van der Waals surface area contributed by atoms with Crippen LogP contribution in [0.15, 0.2) is 37.1 Å². The van der Waals surface area contributed by atoms with E-state index >= 15 is 0 Å². The van der Waals surface area contributed by atoms with Crippen LogP contribution in [-0.4, -0.2) is 31.1 Å². The molecule has 0 radical (unpaired) electrons. The first kappa shape index (κ1) is 13.8. The molecule has 110 valence electrons. The van der Waals surface area contributed by atoms with Crippen molar-refractivity contribution in [3.8, 4) is 5.82 Å². The molecule has 0 unspecified atom stereocenters. The van der Waals surface area contributed by atoms with E-state index in [1.807, 2.05) is 18.3 Å². The second-order valence-electron chi connectivity index (χ2n) is 5.41. The highest BCUT2D eigenvalue weighted by atomic mass is 16.3. The molecule has 2 heterocycles. The smallest absolute Gasteiger partial charge is 0.252 e. The predicted molar refractivity (Wildman–Crippen MR) is 76.6 cm³/mol. The van der Waals surface area contributed by atoms with Gasteiger partial charge in [-0.1, -0.05) is 0 Å². The minimum Gasteiger partial charge on any atom is -0.380 e. The van der Waals surface area contributed by atoms with Gasteiger partial charge in [0.1, 0.15) is 17.7 Å². The summed E-state index contributed by atoms with van der Waals surface area (Å²) in [5.41, 5.74) is -0.246. The van der Waals surface area contributed by atoms with Gasteiger partial charge in [-0.3, -0.25) is 9.36 Å². The molecule has 1 amide bonds. The number of nitrogens with one attached hydrogen (secondary N) is 1. The molecular weight excluding hydrogens is 268 g/mol. The summed E-state index contributed by atoms with van der Waals surface area (Å²) in [6, 6.07) is 3.74. The van der Waals surface area contributed by atoms with Gasteiger partial charge in [0.05, 0.1) is 0 Å². The van der Waals surface area contributed by atoms with Gasteiger partial charge in [-0.05, 0) is 43.4 Å². The quantitative estimate of drug-likeness (QED) is 0.884. The lowest BCUT2D eigenvalue weighted by Crippen LogP contribution is -2.44. The zero-order chi connectivity index (χ0) is 14.7. The van der Waals surface area contributed by atoms with E-state index in [4.69, 9.17) is 0 Å². The highest BCUT2D eigenvalue weighted by molar-refractivity contribution is 5.85. The molecule has 6 heteroatoms. The molecule has 6 nitrogen and oxygen atoms in total. The second-order valence-corrected chi connectivity index (χ2v) is 5.41. The van der Waals surface area contributed by atoms with Gasteiger partial charge in [0.15, 0.2) is 0 Å². The average molecular weight is 286 g/mol. The van der Waals surface area contributed by atoms with Gasteiger partial charge in [0.25, 0.3) is 5.91 Å². The first-order valence-corrected chi connectivity index (χ1v) is 7.11. The Kier molecular flexibility index (Phi) is 3.70. The SMILES string of the molecule is O=C(NCc1ccnc(-n2ccnc2)c1)C1(O)CCCC1. The number of aliphatic hydroxyl groups is 1. The molecule has 2 aromatic rings. The number of hydrogen-bond acceptors (Lipinski definition) is 4. The van der Waals surface area contributed by atoms with Crippen LogP contribution in [0.1, 0.15) is 31.2 Å². The molecule has 1 aliphatic carbocycles. The Balaban J connectivity index is 1.66. The summed E-state index contributed by atoms with van der Waals surface area (Å²) in [6.07, 6.45) is 9.78. The molecule has 1 fully saturated rings. The number of rotatable bonds is 4. The van der Waals surface area contributed by atoms with Gasteiger partial charge in [0.2, 0.25) is 0 Å². The monoisotopic (exact) mass is 286 g/mol. The molecular formula is C15H18N4O2. The van der Waals surface area contributed by atoms with Crippen molar-refractivity contribution in [1.29, 1.82) is 0 Å². The number of imidazole rings is 1. The van der Waals surface area contributed by atoms with E-state index in [2.05, 4.69) is 15.3 Å². The van der Waals surface area contributed by atoms with Gasteiger partial charge in [-0.2, -0.15) is 0 Å². The molecule has 2 N–H and O–H groups in total. The molecule has 1 aliphatic rings. The van der Waals surface area contributed by atoms with Crippen molar-refractivity contribution in [2.45, 2.75) is 37.8 Å². The van der Waals surface area contributed by atoms with Gasteiger partial charge in [-0.25, -0.2) is 9.97 Å². The van der Waals surface area contributed by atoms with E-state index in [0.717, 1.165) is 24.2 Å². The third-order valence-corrected chi connectivity index (χ3v) is 3.89. The van der Waals surface area contributed by atoms with E-state index in [1.54, 1.807) is 23.3 Å². The number of amides is 1. The van der Waals surface area contributed by atoms with Crippen LogP contribution < -0.4 is 5.32 Å². The Hall–Kier alpha value is -2.21. The molecule has 0 saturated heterocycles. The van der Waals surface area contributed by atoms with Crippen LogP contribution in [0.25, 0.3) is 5.82 Å². The van der Waals surface area contributed by atoms with Crippen LogP contribution in [0.3, 0.4) is 0 Å². The zero-order valence-electron chi connectivity index (χ0n) is 11.7. The van der Waals surface area contributed by atoms with E-state index in [9.17, 15) is 9.90 Å². The van der Waals surface area contributed by atoms with Crippen LogP contribution in [0.5, 0.6) is 0 Å². The Morgan fingerprint density at radius 3 is 2.90 bits per heavy atom. The fourth-order valence-electron chi connectivity index (χ4n) is 2.64. The minimum atomic E-state index is -1.18. The predicted octanol–water partition coefficient (Wildman–Crippen LogP) is 1.19. The van der Waals surface area contributed by atoms with Gasteiger partial charge < -0.3 is 10.4 Å². The second kappa shape index (κ2) is 5.65. The van der Waals surface area contributed by atoms with Crippen LogP contribution in [0, 0.1) is 0 Å². The molecule has 0 bridgehead atoms. The lowest BCUT2D eigenvalue weighted by Gasteiger charge is -2.20. The Morgan fingerprint density at radius 1 is 1.38 bits per heavy atom. The lowest BCUT2D eigenvalue weighted by atomic mass is 10.0. The first-order chi connectivity index (χ1) is 10.2. The zero-order valence-corrected chi connectivity index (χ0v) is 11.7. The number of carbonyl (C=O) groups excluding carboxylic acids is 1. The molecule has 3 rings (SSSR count). The molecule has 0 aromatic carbocycles. The summed E-state index contributed by atoms with van der Waals surface area (Å²) in [5, 5.41) is 13.0. The van der Waals surface area contributed by atoms with Crippen LogP contribution >= 0.6 is 0 Å². The fraction of sp³-hybridized carbons (Fsp3) is 0.400. The minimum absolute atomic E-state index is 0.277. The van der Waals surface area contributed by atoms with E-state index in [-0.39, 0.29) is 5.91 Å². The van der Waals surface area contributed by atoms with Crippen molar-refractivity contribution < 1.29 is 9.90 Å². The van der Waals surface area contributed by atoms with Crippen molar-refractivity contribution in [2.75, 3.05) is 0 Å². The highest BCUT2D eigenvalue weighted by Gasteiger charge is 2.38. The lowest BCUT2D eigenvalue weighted by molar-refractivity contribution is -0.139. The van der Waals surface area contributed by atoms with Gasteiger partial charge in [0, 0.05) is 25.1 Å². The van der Waals surface area contributed by atoms with E-state index in [1.165, 1.54) is 0 Å². The third kappa shape index (κ3) is 2.95. The standard InChI is InChI=1S/C15H18N4O2/c20-14(15(21)4-1-2-5-15)18-10-12-3-6-17-13(9-12)19-8-7-16-11-19/h3,6-9,11,21H,1-2,4-5,10H2,(H,18,20). The highest BCUT2D eigenvalue weighted by Crippen LogP contribution is 2.29. The van der Waals surface area contributed by atoms with Gasteiger partial charge in [-0.15, -0.1) is 0 Å².